The monoisotopic (exact) mass is 328 g/mol. The summed E-state index contributed by atoms with van der Waals surface area (Å²) in [5.41, 5.74) is 0.832. The highest BCUT2D eigenvalue weighted by molar-refractivity contribution is 7.91. The van der Waals surface area contributed by atoms with Crippen molar-refractivity contribution in [2.24, 2.45) is 0 Å². The molecule has 114 valence electrons. The smallest absolute Gasteiger partial charge is 0.229 e. The Balaban J connectivity index is 1.99. The van der Waals surface area contributed by atoms with Crippen LogP contribution in [0.3, 0.4) is 0 Å². The maximum Gasteiger partial charge on any atom is 0.229 e. The fourth-order valence-electron chi connectivity index (χ4n) is 2.35. The van der Waals surface area contributed by atoms with Gasteiger partial charge in [-0.25, -0.2) is 17.8 Å². The van der Waals surface area contributed by atoms with Gasteiger partial charge in [0.25, 0.3) is 0 Å². The van der Waals surface area contributed by atoms with E-state index < -0.39 is 15.7 Å². The molecular weight excluding hydrogens is 319 g/mol. The van der Waals surface area contributed by atoms with Gasteiger partial charge < -0.3 is 0 Å². The molecule has 0 aliphatic heterocycles. The minimum Gasteiger partial charge on any atom is -0.234 e. The van der Waals surface area contributed by atoms with Gasteiger partial charge in [-0.05, 0) is 30.3 Å². The lowest BCUT2D eigenvalue weighted by molar-refractivity contribution is 0.591. The number of aromatic nitrogens is 4. The zero-order chi connectivity index (χ0) is 16.0. The summed E-state index contributed by atoms with van der Waals surface area (Å²) in [6.07, 6.45) is 1.57. The summed E-state index contributed by atoms with van der Waals surface area (Å²) >= 11 is 0. The summed E-state index contributed by atoms with van der Waals surface area (Å²) < 4.78 is 39.7. The lowest BCUT2D eigenvalue weighted by Gasteiger charge is -2.02. The first-order valence-corrected chi connectivity index (χ1v) is 8.15. The van der Waals surface area contributed by atoms with Crippen molar-refractivity contribution in [2.45, 2.75) is 9.92 Å². The Labute approximate surface area is 130 Å². The van der Waals surface area contributed by atoms with E-state index in [9.17, 15) is 12.8 Å². The number of sulfone groups is 1. The summed E-state index contributed by atoms with van der Waals surface area (Å²) in [7, 11) is -3.93. The van der Waals surface area contributed by atoms with Crippen molar-refractivity contribution in [3.8, 4) is 0 Å². The lowest BCUT2D eigenvalue weighted by Crippen LogP contribution is -2.04. The molecule has 23 heavy (non-hydrogen) atoms. The van der Waals surface area contributed by atoms with Crippen molar-refractivity contribution in [1.82, 2.24) is 19.8 Å². The van der Waals surface area contributed by atoms with Crippen LogP contribution in [-0.4, -0.2) is 28.2 Å². The van der Waals surface area contributed by atoms with Crippen molar-refractivity contribution >= 4 is 26.4 Å². The largest absolute Gasteiger partial charge is 0.234 e. The predicted molar refractivity (Wildman–Crippen MR) is 80.1 cm³/mol. The number of halogens is 1. The van der Waals surface area contributed by atoms with Crippen molar-refractivity contribution in [3.63, 3.8) is 0 Å². The topological polar surface area (TPSA) is 77.2 Å². The van der Waals surface area contributed by atoms with E-state index in [1.807, 2.05) is 18.2 Å². The van der Waals surface area contributed by atoms with Crippen LogP contribution in [0, 0.1) is 5.82 Å². The van der Waals surface area contributed by atoms with E-state index in [-0.39, 0.29) is 15.6 Å². The molecule has 0 atom stereocenters. The van der Waals surface area contributed by atoms with Gasteiger partial charge in [-0.1, -0.05) is 23.4 Å². The van der Waals surface area contributed by atoms with Crippen LogP contribution in [0.5, 0.6) is 0 Å². The van der Waals surface area contributed by atoms with E-state index in [4.69, 9.17) is 0 Å². The second-order valence-corrected chi connectivity index (χ2v) is 6.77. The number of nitrogens with zero attached hydrogens (tertiary/aromatic N) is 4. The number of hydrogen-bond acceptors (Lipinski definition) is 5. The molecule has 0 unspecified atom stereocenters. The molecular formula is C15H9FN4O2S. The molecule has 0 spiro atoms. The van der Waals surface area contributed by atoms with E-state index in [2.05, 4.69) is 15.3 Å². The van der Waals surface area contributed by atoms with E-state index in [1.165, 1.54) is 16.6 Å². The van der Waals surface area contributed by atoms with Crippen LogP contribution in [0.25, 0.3) is 16.6 Å². The molecule has 4 rings (SSSR count). The Hall–Kier alpha value is -2.87. The first-order valence-electron chi connectivity index (χ1n) is 6.67. The highest BCUT2D eigenvalue weighted by Crippen LogP contribution is 2.24. The Morgan fingerprint density at radius 3 is 2.52 bits per heavy atom. The van der Waals surface area contributed by atoms with Crippen molar-refractivity contribution in [3.05, 3.63) is 60.5 Å². The van der Waals surface area contributed by atoms with Gasteiger partial charge in [0.15, 0.2) is 5.65 Å². The quantitative estimate of drug-likeness (QED) is 0.527. The summed E-state index contributed by atoms with van der Waals surface area (Å²) in [6, 6.07) is 11.9. The highest BCUT2D eigenvalue weighted by Gasteiger charge is 2.26. The van der Waals surface area contributed by atoms with E-state index in [1.54, 1.807) is 12.3 Å². The first kappa shape index (κ1) is 13.8. The first-order chi connectivity index (χ1) is 11.1. The summed E-state index contributed by atoms with van der Waals surface area (Å²) in [6.45, 7) is 0. The second kappa shape index (κ2) is 4.82. The van der Waals surface area contributed by atoms with Gasteiger partial charge >= 0.3 is 0 Å². The van der Waals surface area contributed by atoms with E-state index in [0.29, 0.717) is 5.52 Å². The summed E-state index contributed by atoms with van der Waals surface area (Å²) in [4.78, 5) is 4.10. The lowest BCUT2D eigenvalue weighted by atomic mass is 10.2. The molecule has 0 aliphatic carbocycles. The standard InChI is InChI=1S/C15H9FN4O2S/c16-11-5-7-12(8-6-11)23(21,22)15-14-17-9-10-3-1-2-4-13(10)20(14)19-18-15/h1-9H. The molecule has 0 fully saturated rings. The maximum atomic E-state index is 13.0. The molecule has 4 aromatic rings. The van der Waals surface area contributed by atoms with Crippen LogP contribution in [0.4, 0.5) is 4.39 Å². The van der Waals surface area contributed by atoms with Crippen molar-refractivity contribution in [1.29, 1.82) is 0 Å². The Bertz CT molecular complexity index is 1140. The van der Waals surface area contributed by atoms with Crippen LogP contribution < -0.4 is 0 Å². The fraction of sp³-hybridized carbons (Fsp3) is 0. The molecule has 0 bridgehead atoms. The Kier molecular flexibility index (Phi) is 2.88. The van der Waals surface area contributed by atoms with Crippen LogP contribution in [0.15, 0.2) is 64.6 Å². The zero-order valence-corrected chi connectivity index (χ0v) is 12.4. The number of para-hydroxylation sites is 1. The summed E-state index contributed by atoms with van der Waals surface area (Å²) in [5, 5.41) is 8.25. The zero-order valence-electron chi connectivity index (χ0n) is 11.6. The average Bonchev–Trinajstić information content (AvgIpc) is 3.00. The molecule has 0 saturated heterocycles. The van der Waals surface area contributed by atoms with Crippen LogP contribution >= 0.6 is 0 Å². The maximum absolute atomic E-state index is 13.0. The number of hydrogen-bond donors (Lipinski definition) is 0. The third-order valence-corrected chi connectivity index (χ3v) is 5.15. The number of rotatable bonds is 2. The van der Waals surface area contributed by atoms with Crippen LogP contribution in [0.2, 0.25) is 0 Å². The molecule has 0 saturated carbocycles. The molecule has 6 nitrogen and oxygen atoms in total. The molecule has 0 radical (unpaired) electrons. The van der Waals surface area contributed by atoms with Gasteiger partial charge in [0.2, 0.25) is 14.9 Å². The third kappa shape index (κ3) is 2.07. The van der Waals surface area contributed by atoms with Gasteiger partial charge in [-0.2, -0.15) is 4.52 Å². The van der Waals surface area contributed by atoms with Gasteiger partial charge in [-0.3, -0.25) is 0 Å². The highest BCUT2D eigenvalue weighted by atomic mass is 32.2. The van der Waals surface area contributed by atoms with Crippen molar-refractivity contribution < 1.29 is 12.8 Å². The van der Waals surface area contributed by atoms with Gasteiger partial charge in [0.05, 0.1) is 10.4 Å². The molecule has 8 heteroatoms. The third-order valence-electron chi connectivity index (χ3n) is 3.49. The Morgan fingerprint density at radius 2 is 1.74 bits per heavy atom. The minimum absolute atomic E-state index is 0.0590. The van der Waals surface area contributed by atoms with Gasteiger partial charge in [0.1, 0.15) is 5.82 Å². The summed E-state index contributed by atoms with van der Waals surface area (Å²) in [5.74, 6) is -0.513. The average molecular weight is 328 g/mol. The second-order valence-electron chi connectivity index (χ2n) is 4.90. The molecule has 0 aliphatic rings. The SMILES string of the molecule is O=S(=O)(c1ccc(F)cc1)c1nnn2c1ncc1ccccc12. The minimum atomic E-state index is -3.93. The molecule has 2 aromatic carbocycles. The molecule has 0 N–H and O–H groups in total. The molecule has 2 heterocycles. The van der Waals surface area contributed by atoms with E-state index >= 15 is 0 Å². The molecule has 2 aromatic heterocycles. The van der Waals surface area contributed by atoms with E-state index in [0.717, 1.165) is 17.5 Å². The normalized spacial score (nSPS) is 12.0. The van der Waals surface area contributed by atoms with Crippen LogP contribution in [-0.2, 0) is 9.84 Å². The Morgan fingerprint density at radius 1 is 1.00 bits per heavy atom. The number of fused-ring (bicyclic) bond motifs is 3. The number of benzene rings is 2. The molecule has 0 amide bonds. The van der Waals surface area contributed by atoms with Gasteiger partial charge in [-0.15, -0.1) is 5.10 Å². The predicted octanol–water partition coefficient (Wildman–Crippen LogP) is 2.25. The van der Waals surface area contributed by atoms with Crippen molar-refractivity contribution in [2.75, 3.05) is 0 Å². The van der Waals surface area contributed by atoms with Crippen LogP contribution in [0.1, 0.15) is 0 Å². The fourth-order valence-corrected chi connectivity index (χ4v) is 3.60. The van der Waals surface area contributed by atoms with Gasteiger partial charge in [0, 0.05) is 11.6 Å².